The summed E-state index contributed by atoms with van der Waals surface area (Å²) in [6.45, 7) is 8.60. The Hall–Kier alpha value is -1.13. The first-order valence-electron chi connectivity index (χ1n) is 7.74. The Kier molecular flexibility index (Phi) is 4.45. The molecule has 1 saturated heterocycles. The molecule has 0 amide bonds. The molecule has 3 rings (SSSR count). The standard InChI is InChI=1S/C17H22BrN3/c1-3-4-13-11-16(21-7-5-19-6-8-21)14-9-12(2)10-15(18)17(14)20-13/h9-11,19H,3-8H2,1-2H3. The lowest BCUT2D eigenvalue weighted by Crippen LogP contribution is -2.43. The summed E-state index contributed by atoms with van der Waals surface area (Å²) in [6.07, 6.45) is 2.17. The Morgan fingerprint density at radius 3 is 2.71 bits per heavy atom. The average Bonchev–Trinajstić information content (AvgIpc) is 2.48. The highest BCUT2D eigenvalue weighted by molar-refractivity contribution is 9.10. The number of anilines is 1. The van der Waals surface area contributed by atoms with Crippen LogP contribution in [0.25, 0.3) is 10.9 Å². The number of hydrogen-bond acceptors (Lipinski definition) is 3. The van der Waals surface area contributed by atoms with Gasteiger partial charge in [0.15, 0.2) is 0 Å². The van der Waals surface area contributed by atoms with Crippen molar-refractivity contribution in [1.29, 1.82) is 0 Å². The van der Waals surface area contributed by atoms with E-state index >= 15 is 0 Å². The monoisotopic (exact) mass is 347 g/mol. The van der Waals surface area contributed by atoms with Crippen LogP contribution in [0.1, 0.15) is 24.6 Å². The molecule has 0 radical (unpaired) electrons. The fraction of sp³-hybridized carbons (Fsp3) is 0.471. The molecule has 1 aliphatic heterocycles. The molecule has 0 bridgehead atoms. The maximum atomic E-state index is 4.87. The van der Waals surface area contributed by atoms with Crippen LogP contribution in [-0.2, 0) is 6.42 Å². The number of pyridine rings is 1. The van der Waals surface area contributed by atoms with Crippen molar-refractivity contribution in [3.05, 3.63) is 33.9 Å². The zero-order valence-corrected chi connectivity index (χ0v) is 14.3. The van der Waals surface area contributed by atoms with E-state index < -0.39 is 0 Å². The van der Waals surface area contributed by atoms with E-state index in [1.807, 2.05) is 0 Å². The maximum Gasteiger partial charge on any atom is 0.0868 e. The molecule has 2 heterocycles. The van der Waals surface area contributed by atoms with Gasteiger partial charge < -0.3 is 10.2 Å². The van der Waals surface area contributed by atoms with Gasteiger partial charge in [0.1, 0.15) is 0 Å². The molecule has 112 valence electrons. The number of nitrogens with one attached hydrogen (secondary N) is 1. The fourth-order valence-corrected chi connectivity index (χ4v) is 3.67. The predicted octanol–water partition coefficient (Wildman–Crippen LogP) is 3.67. The van der Waals surface area contributed by atoms with Crippen molar-refractivity contribution in [2.45, 2.75) is 26.7 Å². The van der Waals surface area contributed by atoms with Gasteiger partial charge in [-0.3, -0.25) is 4.98 Å². The molecule has 1 aromatic carbocycles. The van der Waals surface area contributed by atoms with E-state index in [4.69, 9.17) is 4.98 Å². The smallest absolute Gasteiger partial charge is 0.0868 e. The van der Waals surface area contributed by atoms with Gasteiger partial charge in [0, 0.05) is 47.4 Å². The van der Waals surface area contributed by atoms with E-state index in [2.05, 4.69) is 58.2 Å². The molecule has 1 fully saturated rings. The third-order valence-corrected chi connectivity index (χ3v) is 4.61. The van der Waals surface area contributed by atoms with Crippen LogP contribution in [0.4, 0.5) is 5.69 Å². The molecule has 0 unspecified atom stereocenters. The van der Waals surface area contributed by atoms with Crippen LogP contribution < -0.4 is 10.2 Å². The molecule has 3 nitrogen and oxygen atoms in total. The average molecular weight is 348 g/mol. The number of benzene rings is 1. The van der Waals surface area contributed by atoms with Gasteiger partial charge in [-0.05, 0) is 53.0 Å². The number of nitrogens with zero attached hydrogens (tertiary/aromatic N) is 2. The summed E-state index contributed by atoms with van der Waals surface area (Å²) < 4.78 is 1.10. The minimum atomic E-state index is 1.04. The zero-order chi connectivity index (χ0) is 14.8. The molecule has 2 aromatic rings. The van der Waals surface area contributed by atoms with Gasteiger partial charge in [-0.25, -0.2) is 0 Å². The molecule has 4 heteroatoms. The normalized spacial score (nSPS) is 15.7. The van der Waals surface area contributed by atoms with Crippen LogP contribution >= 0.6 is 15.9 Å². The largest absolute Gasteiger partial charge is 0.368 e. The first kappa shape index (κ1) is 14.8. The highest BCUT2D eigenvalue weighted by Gasteiger charge is 2.16. The molecule has 1 N–H and O–H groups in total. The summed E-state index contributed by atoms with van der Waals surface area (Å²) in [5, 5.41) is 4.70. The third-order valence-electron chi connectivity index (χ3n) is 4.01. The summed E-state index contributed by atoms with van der Waals surface area (Å²) in [5.41, 5.74) is 4.91. The van der Waals surface area contributed by atoms with Crippen LogP contribution in [-0.4, -0.2) is 31.2 Å². The topological polar surface area (TPSA) is 28.2 Å². The minimum Gasteiger partial charge on any atom is -0.368 e. The zero-order valence-electron chi connectivity index (χ0n) is 12.7. The number of rotatable bonds is 3. The summed E-state index contributed by atoms with van der Waals surface area (Å²) in [4.78, 5) is 7.36. The van der Waals surface area contributed by atoms with Crippen LogP contribution in [0.3, 0.4) is 0 Å². The fourth-order valence-electron chi connectivity index (χ4n) is 3.01. The van der Waals surface area contributed by atoms with Gasteiger partial charge in [0.05, 0.1) is 5.52 Å². The molecule has 1 aliphatic rings. The van der Waals surface area contributed by atoms with Crippen molar-refractivity contribution in [3.63, 3.8) is 0 Å². The molecular weight excluding hydrogens is 326 g/mol. The van der Waals surface area contributed by atoms with E-state index in [-0.39, 0.29) is 0 Å². The van der Waals surface area contributed by atoms with Gasteiger partial charge in [0.2, 0.25) is 0 Å². The van der Waals surface area contributed by atoms with E-state index in [0.717, 1.165) is 49.0 Å². The van der Waals surface area contributed by atoms with Crippen molar-refractivity contribution in [1.82, 2.24) is 10.3 Å². The van der Waals surface area contributed by atoms with E-state index in [9.17, 15) is 0 Å². The Morgan fingerprint density at radius 2 is 2.00 bits per heavy atom. The van der Waals surface area contributed by atoms with Crippen molar-refractivity contribution < 1.29 is 0 Å². The number of aromatic nitrogens is 1. The van der Waals surface area contributed by atoms with E-state index in [0.29, 0.717) is 0 Å². The first-order chi connectivity index (χ1) is 10.2. The third kappa shape index (κ3) is 3.06. The number of hydrogen-bond donors (Lipinski definition) is 1. The Labute approximate surface area is 134 Å². The first-order valence-corrected chi connectivity index (χ1v) is 8.54. The van der Waals surface area contributed by atoms with Gasteiger partial charge >= 0.3 is 0 Å². The van der Waals surface area contributed by atoms with Crippen molar-refractivity contribution in [2.75, 3.05) is 31.1 Å². The maximum absolute atomic E-state index is 4.87. The lowest BCUT2D eigenvalue weighted by molar-refractivity contribution is 0.590. The molecule has 0 atom stereocenters. The number of halogens is 1. The summed E-state index contributed by atoms with van der Waals surface area (Å²) in [6, 6.07) is 6.72. The van der Waals surface area contributed by atoms with E-state index in [1.165, 1.54) is 22.3 Å². The minimum absolute atomic E-state index is 1.04. The van der Waals surface area contributed by atoms with Crippen molar-refractivity contribution in [2.24, 2.45) is 0 Å². The summed E-state index contributed by atoms with van der Waals surface area (Å²) in [5.74, 6) is 0. The molecule has 21 heavy (non-hydrogen) atoms. The molecule has 0 aliphatic carbocycles. The second kappa shape index (κ2) is 6.32. The molecule has 1 aromatic heterocycles. The second-order valence-electron chi connectivity index (χ2n) is 5.76. The number of aryl methyl sites for hydroxylation is 2. The number of fused-ring (bicyclic) bond motifs is 1. The molecule has 0 saturated carbocycles. The van der Waals surface area contributed by atoms with Gasteiger partial charge in [-0.1, -0.05) is 13.3 Å². The number of piperazine rings is 1. The van der Waals surface area contributed by atoms with Gasteiger partial charge in [-0.15, -0.1) is 0 Å². The predicted molar refractivity (Wildman–Crippen MR) is 93.3 cm³/mol. The summed E-state index contributed by atoms with van der Waals surface area (Å²) >= 11 is 3.70. The Balaban J connectivity index is 2.18. The van der Waals surface area contributed by atoms with Crippen LogP contribution in [0.5, 0.6) is 0 Å². The Morgan fingerprint density at radius 1 is 1.24 bits per heavy atom. The van der Waals surface area contributed by atoms with Crippen molar-refractivity contribution in [3.8, 4) is 0 Å². The Bertz CT molecular complexity index is 648. The highest BCUT2D eigenvalue weighted by Crippen LogP contribution is 2.33. The molecule has 0 spiro atoms. The molecular formula is C17H22BrN3. The lowest BCUT2D eigenvalue weighted by Gasteiger charge is -2.31. The van der Waals surface area contributed by atoms with Crippen molar-refractivity contribution >= 4 is 32.5 Å². The quantitative estimate of drug-likeness (QED) is 0.917. The second-order valence-corrected chi connectivity index (χ2v) is 6.62. The van der Waals surface area contributed by atoms with Crippen LogP contribution in [0, 0.1) is 6.92 Å². The highest BCUT2D eigenvalue weighted by atomic mass is 79.9. The van der Waals surface area contributed by atoms with Crippen LogP contribution in [0.15, 0.2) is 22.7 Å². The van der Waals surface area contributed by atoms with Gasteiger partial charge in [0.25, 0.3) is 0 Å². The summed E-state index contributed by atoms with van der Waals surface area (Å²) in [7, 11) is 0. The van der Waals surface area contributed by atoms with Crippen LogP contribution in [0.2, 0.25) is 0 Å². The SMILES string of the molecule is CCCc1cc(N2CCNCC2)c2cc(C)cc(Br)c2n1. The van der Waals surface area contributed by atoms with Gasteiger partial charge in [-0.2, -0.15) is 0 Å². The lowest BCUT2D eigenvalue weighted by atomic mass is 10.1. The van der Waals surface area contributed by atoms with E-state index in [1.54, 1.807) is 0 Å².